The smallest absolute Gasteiger partial charge is 0.387 e. The van der Waals surface area contributed by atoms with E-state index in [9.17, 15) is 8.78 Å². The second-order valence-corrected chi connectivity index (χ2v) is 4.96. The molecule has 0 unspecified atom stereocenters. The highest BCUT2D eigenvalue weighted by atomic mass is 79.9. The number of aromatic nitrogens is 1. The molecule has 1 N–H and O–H groups in total. The maximum atomic E-state index is 12.0. The Labute approximate surface area is 124 Å². The van der Waals surface area contributed by atoms with E-state index < -0.39 is 6.61 Å². The summed E-state index contributed by atoms with van der Waals surface area (Å²) < 4.78 is 29.1. The number of ether oxygens (including phenoxy) is 1. The van der Waals surface area contributed by atoms with Crippen LogP contribution in [0.25, 0.3) is 0 Å². The Bertz CT molecular complexity index is 576. The largest absolute Gasteiger partial charge is 0.435 e. The molecule has 20 heavy (non-hydrogen) atoms. The number of nitrogens with one attached hydrogen (secondary N) is 1. The summed E-state index contributed by atoms with van der Waals surface area (Å²) >= 11 is 3.31. The molecule has 106 valence electrons. The predicted octanol–water partition coefficient (Wildman–Crippen LogP) is 4.37. The summed E-state index contributed by atoms with van der Waals surface area (Å²) in [5.74, 6) is 0.158. The quantitative estimate of drug-likeness (QED) is 0.819. The Hall–Kier alpha value is -1.69. The van der Waals surface area contributed by atoms with Gasteiger partial charge < -0.3 is 10.1 Å². The van der Waals surface area contributed by atoms with Crippen LogP contribution in [0.5, 0.6) is 5.75 Å². The molecule has 6 heteroatoms. The van der Waals surface area contributed by atoms with E-state index in [1.54, 1.807) is 12.1 Å². The fraction of sp³-hybridized carbons (Fsp3) is 0.214. The SMILES string of the molecule is Cc1nc(Br)ccc1NCc1ccc(OC(F)F)cc1. The Morgan fingerprint density at radius 3 is 2.50 bits per heavy atom. The Kier molecular flexibility index (Phi) is 4.89. The minimum Gasteiger partial charge on any atom is -0.435 e. The number of aryl methyl sites for hydroxylation is 1. The van der Waals surface area contributed by atoms with Gasteiger partial charge in [-0.3, -0.25) is 0 Å². The summed E-state index contributed by atoms with van der Waals surface area (Å²) in [6.07, 6.45) is 0. The van der Waals surface area contributed by atoms with Crippen LogP contribution >= 0.6 is 15.9 Å². The molecule has 0 atom stereocenters. The first kappa shape index (κ1) is 14.7. The van der Waals surface area contributed by atoms with Crippen molar-refractivity contribution >= 4 is 21.6 Å². The molecular weight excluding hydrogens is 330 g/mol. The fourth-order valence-corrected chi connectivity index (χ4v) is 2.10. The van der Waals surface area contributed by atoms with Gasteiger partial charge in [0.2, 0.25) is 0 Å². The first-order chi connectivity index (χ1) is 9.54. The maximum absolute atomic E-state index is 12.0. The predicted molar refractivity (Wildman–Crippen MR) is 77.1 cm³/mol. The zero-order valence-corrected chi connectivity index (χ0v) is 12.3. The summed E-state index contributed by atoms with van der Waals surface area (Å²) in [6, 6.07) is 10.3. The number of benzene rings is 1. The van der Waals surface area contributed by atoms with Crippen LogP contribution in [0.1, 0.15) is 11.3 Å². The lowest BCUT2D eigenvalue weighted by molar-refractivity contribution is -0.0498. The average Bonchev–Trinajstić information content (AvgIpc) is 2.39. The van der Waals surface area contributed by atoms with Gasteiger partial charge in [0.05, 0.1) is 11.4 Å². The molecule has 1 aromatic carbocycles. The van der Waals surface area contributed by atoms with E-state index in [2.05, 4.69) is 31.0 Å². The van der Waals surface area contributed by atoms with Gasteiger partial charge in [-0.1, -0.05) is 12.1 Å². The molecule has 0 amide bonds. The van der Waals surface area contributed by atoms with E-state index in [4.69, 9.17) is 0 Å². The first-order valence-corrected chi connectivity index (χ1v) is 6.74. The minimum atomic E-state index is -2.80. The fourth-order valence-electron chi connectivity index (χ4n) is 1.70. The van der Waals surface area contributed by atoms with Gasteiger partial charge in [-0.2, -0.15) is 8.78 Å². The summed E-state index contributed by atoms with van der Waals surface area (Å²) in [5.41, 5.74) is 2.78. The molecule has 0 aliphatic carbocycles. The maximum Gasteiger partial charge on any atom is 0.387 e. The summed E-state index contributed by atoms with van der Waals surface area (Å²) in [5, 5.41) is 3.24. The van der Waals surface area contributed by atoms with Crippen molar-refractivity contribution in [3.05, 3.63) is 52.3 Å². The lowest BCUT2D eigenvalue weighted by Crippen LogP contribution is -2.04. The zero-order chi connectivity index (χ0) is 14.5. The highest BCUT2D eigenvalue weighted by Gasteiger charge is 2.04. The molecule has 0 radical (unpaired) electrons. The highest BCUT2D eigenvalue weighted by Crippen LogP contribution is 2.18. The molecule has 1 heterocycles. The van der Waals surface area contributed by atoms with Gasteiger partial charge in [-0.05, 0) is 52.7 Å². The normalized spacial score (nSPS) is 10.7. The number of alkyl halides is 2. The number of nitrogens with zero attached hydrogens (tertiary/aromatic N) is 1. The molecule has 0 saturated heterocycles. The standard InChI is InChI=1S/C14H13BrF2N2O/c1-9-12(6-7-13(15)19-9)18-8-10-2-4-11(5-3-10)20-14(16)17/h2-7,14,18H,8H2,1H3. The minimum absolute atomic E-state index is 0.158. The summed E-state index contributed by atoms with van der Waals surface area (Å²) in [6.45, 7) is -0.304. The molecule has 0 aliphatic rings. The van der Waals surface area contributed by atoms with E-state index in [1.807, 2.05) is 19.1 Å². The number of pyridine rings is 1. The summed E-state index contributed by atoms with van der Waals surface area (Å²) in [7, 11) is 0. The molecule has 1 aromatic heterocycles. The van der Waals surface area contributed by atoms with E-state index in [0.29, 0.717) is 6.54 Å². The van der Waals surface area contributed by atoms with E-state index >= 15 is 0 Å². The molecule has 0 fully saturated rings. The van der Waals surface area contributed by atoms with Crippen LogP contribution in [0.15, 0.2) is 41.0 Å². The van der Waals surface area contributed by atoms with Gasteiger partial charge in [-0.25, -0.2) is 4.98 Å². The summed E-state index contributed by atoms with van der Waals surface area (Å²) in [4.78, 5) is 4.28. The lowest BCUT2D eigenvalue weighted by Gasteiger charge is -2.10. The second-order valence-electron chi connectivity index (χ2n) is 4.14. The van der Waals surface area contributed by atoms with Gasteiger partial charge in [0.25, 0.3) is 0 Å². The lowest BCUT2D eigenvalue weighted by atomic mass is 10.2. The molecule has 2 aromatic rings. The van der Waals surface area contributed by atoms with Crippen molar-refractivity contribution in [3.63, 3.8) is 0 Å². The molecular formula is C14H13BrF2N2O. The average molecular weight is 343 g/mol. The monoisotopic (exact) mass is 342 g/mol. The molecule has 0 bridgehead atoms. The van der Waals surface area contributed by atoms with Crippen molar-refractivity contribution in [1.82, 2.24) is 4.98 Å². The van der Waals surface area contributed by atoms with Crippen LogP contribution in [0.2, 0.25) is 0 Å². The molecule has 0 saturated carbocycles. The van der Waals surface area contributed by atoms with Crippen LogP contribution in [0, 0.1) is 6.92 Å². The topological polar surface area (TPSA) is 34.2 Å². The molecule has 0 aliphatic heterocycles. The second kappa shape index (κ2) is 6.65. The van der Waals surface area contributed by atoms with Crippen LogP contribution in [-0.2, 0) is 6.54 Å². The van der Waals surface area contributed by atoms with Crippen molar-refractivity contribution in [2.24, 2.45) is 0 Å². The van der Waals surface area contributed by atoms with Crippen molar-refractivity contribution in [2.75, 3.05) is 5.32 Å². The Morgan fingerprint density at radius 1 is 1.20 bits per heavy atom. The van der Waals surface area contributed by atoms with Gasteiger partial charge in [0, 0.05) is 6.54 Å². The van der Waals surface area contributed by atoms with E-state index in [0.717, 1.165) is 21.5 Å². The van der Waals surface area contributed by atoms with E-state index in [-0.39, 0.29) is 5.75 Å². The van der Waals surface area contributed by atoms with Crippen LogP contribution in [0.4, 0.5) is 14.5 Å². The third-order valence-corrected chi connectivity index (χ3v) is 3.12. The van der Waals surface area contributed by atoms with Crippen molar-refractivity contribution in [2.45, 2.75) is 20.1 Å². The van der Waals surface area contributed by atoms with Crippen LogP contribution in [-0.4, -0.2) is 11.6 Å². The van der Waals surface area contributed by atoms with Gasteiger partial charge in [-0.15, -0.1) is 0 Å². The molecule has 3 nitrogen and oxygen atoms in total. The van der Waals surface area contributed by atoms with Crippen LogP contribution < -0.4 is 10.1 Å². The molecule has 0 spiro atoms. The third-order valence-electron chi connectivity index (χ3n) is 2.68. The van der Waals surface area contributed by atoms with Crippen LogP contribution in [0.3, 0.4) is 0 Å². The first-order valence-electron chi connectivity index (χ1n) is 5.95. The van der Waals surface area contributed by atoms with Crippen molar-refractivity contribution in [3.8, 4) is 5.75 Å². The zero-order valence-electron chi connectivity index (χ0n) is 10.7. The highest BCUT2D eigenvalue weighted by molar-refractivity contribution is 9.10. The number of halogens is 3. The van der Waals surface area contributed by atoms with Crippen molar-refractivity contribution < 1.29 is 13.5 Å². The Balaban J connectivity index is 1.96. The van der Waals surface area contributed by atoms with Gasteiger partial charge in [0.1, 0.15) is 10.4 Å². The number of hydrogen-bond acceptors (Lipinski definition) is 3. The third kappa shape index (κ3) is 4.16. The van der Waals surface area contributed by atoms with Gasteiger partial charge >= 0.3 is 6.61 Å². The number of anilines is 1. The number of hydrogen-bond donors (Lipinski definition) is 1. The van der Waals surface area contributed by atoms with Gasteiger partial charge in [0.15, 0.2) is 0 Å². The number of rotatable bonds is 5. The molecule has 2 rings (SSSR count). The Morgan fingerprint density at radius 2 is 1.90 bits per heavy atom. The van der Waals surface area contributed by atoms with E-state index in [1.165, 1.54) is 12.1 Å². The van der Waals surface area contributed by atoms with Crippen molar-refractivity contribution in [1.29, 1.82) is 0 Å².